The summed E-state index contributed by atoms with van der Waals surface area (Å²) in [6, 6.07) is 2.17. The topological polar surface area (TPSA) is 109 Å². The summed E-state index contributed by atoms with van der Waals surface area (Å²) in [6.45, 7) is 1.30. The van der Waals surface area contributed by atoms with Crippen molar-refractivity contribution in [1.29, 1.82) is 0 Å². The number of fused-ring (bicyclic) bond motifs is 2. The van der Waals surface area contributed by atoms with Crippen LogP contribution in [-0.4, -0.2) is 38.5 Å². The van der Waals surface area contributed by atoms with Gasteiger partial charge in [0.2, 0.25) is 5.78 Å². The number of allylic oxidation sites excluding steroid dienone is 1. The van der Waals surface area contributed by atoms with Crippen molar-refractivity contribution in [3.63, 3.8) is 0 Å². The summed E-state index contributed by atoms with van der Waals surface area (Å²) in [5.41, 5.74) is -0.768. The van der Waals surface area contributed by atoms with Gasteiger partial charge in [0, 0.05) is 6.20 Å². The predicted octanol–water partition coefficient (Wildman–Crippen LogP) is 1.36. The number of aliphatic hydroxyl groups is 1. The summed E-state index contributed by atoms with van der Waals surface area (Å²) in [4.78, 5) is 35.9. The highest BCUT2D eigenvalue weighted by Gasteiger charge is 2.48. The number of aromatic nitrogens is 1. The van der Waals surface area contributed by atoms with Crippen LogP contribution in [0.3, 0.4) is 0 Å². The van der Waals surface area contributed by atoms with Crippen molar-refractivity contribution in [2.75, 3.05) is 0 Å². The Balaban J connectivity index is 2.06. The van der Waals surface area contributed by atoms with Crippen LogP contribution < -0.4 is 5.32 Å². The lowest BCUT2D eigenvalue weighted by Crippen LogP contribution is -2.46. The Morgan fingerprint density at radius 1 is 1.35 bits per heavy atom. The Hall–Kier alpha value is -2.57. The smallest absolute Gasteiger partial charge is 0.325 e. The summed E-state index contributed by atoms with van der Waals surface area (Å²) in [5, 5.41) is 21.9. The molecule has 3 rings (SSSR count). The number of ketones is 1. The number of carbonyl (C=O) groups is 3. The molecule has 1 aromatic rings. The third-order valence-corrected chi connectivity index (χ3v) is 4.72. The number of nitrogens with zero attached hydrogens (tertiary/aromatic N) is 1. The van der Waals surface area contributed by atoms with Gasteiger partial charge in [0.1, 0.15) is 22.9 Å². The summed E-state index contributed by atoms with van der Waals surface area (Å²) < 4.78 is 1.75. The van der Waals surface area contributed by atoms with Crippen molar-refractivity contribution in [2.24, 2.45) is 0 Å². The third kappa shape index (κ3) is 2.15. The highest BCUT2D eigenvalue weighted by molar-refractivity contribution is 6.26. The number of hydrogen-bond donors (Lipinski definition) is 3. The zero-order valence-corrected chi connectivity index (χ0v) is 12.7. The molecule has 0 saturated heterocycles. The second-order valence-electron chi connectivity index (χ2n) is 6.09. The largest absolute Gasteiger partial charge is 0.509 e. The number of hydrogen-bond acceptors (Lipinski definition) is 4. The van der Waals surface area contributed by atoms with Crippen LogP contribution in [0, 0.1) is 0 Å². The van der Waals surface area contributed by atoms with E-state index in [0.29, 0.717) is 18.5 Å². The first kappa shape index (κ1) is 15.3. The number of nitrogens with one attached hydrogen (secondary N) is 1. The highest BCUT2D eigenvalue weighted by Crippen LogP contribution is 2.46. The lowest BCUT2D eigenvalue weighted by molar-refractivity contribution is -0.140. The van der Waals surface area contributed by atoms with E-state index in [-0.39, 0.29) is 11.3 Å². The number of carbonyl (C=O) groups excluding carboxylic acids is 2. The molecule has 0 bridgehead atoms. The van der Waals surface area contributed by atoms with Gasteiger partial charge in [0.15, 0.2) is 0 Å². The van der Waals surface area contributed by atoms with Gasteiger partial charge in [0.05, 0.1) is 5.69 Å². The zero-order valence-electron chi connectivity index (χ0n) is 12.7. The van der Waals surface area contributed by atoms with Crippen molar-refractivity contribution in [1.82, 2.24) is 9.88 Å². The third-order valence-electron chi connectivity index (χ3n) is 4.72. The fraction of sp³-hybridized carbons (Fsp3) is 0.438. The molecule has 1 aromatic heterocycles. The monoisotopic (exact) mass is 318 g/mol. The van der Waals surface area contributed by atoms with Crippen LogP contribution in [0.2, 0.25) is 0 Å². The van der Waals surface area contributed by atoms with Crippen molar-refractivity contribution in [2.45, 2.75) is 44.2 Å². The zero-order chi connectivity index (χ0) is 16.8. The molecular weight excluding hydrogens is 300 g/mol. The number of aliphatic carboxylic acids is 1. The first-order valence-corrected chi connectivity index (χ1v) is 7.58. The molecule has 1 spiro atoms. The van der Waals surface area contributed by atoms with Gasteiger partial charge in [-0.15, -0.1) is 0 Å². The van der Waals surface area contributed by atoms with Gasteiger partial charge in [0.25, 0.3) is 5.91 Å². The van der Waals surface area contributed by atoms with Gasteiger partial charge in [-0.2, -0.15) is 0 Å². The normalized spacial score (nSPS) is 20.5. The molecule has 7 nitrogen and oxygen atoms in total. The van der Waals surface area contributed by atoms with Gasteiger partial charge >= 0.3 is 5.97 Å². The Morgan fingerprint density at radius 2 is 2.00 bits per heavy atom. The van der Waals surface area contributed by atoms with Crippen LogP contribution in [0.5, 0.6) is 0 Å². The quantitative estimate of drug-likeness (QED) is 0.729. The van der Waals surface area contributed by atoms with Crippen LogP contribution in [0.15, 0.2) is 29.7 Å². The molecule has 0 unspecified atom stereocenters. The SMILES string of the molecule is C[C@@H](NC(=O)C1=C(O)C2(CCCC2)n2cccc2C1=O)C(=O)O. The Bertz CT molecular complexity index is 725. The summed E-state index contributed by atoms with van der Waals surface area (Å²) >= 11 is 0. The lowest BCUT2D eigenvalue weighted by atomic mass is 9.85. The molecule has 0 radical (unpaired) electrons. The van der Waals surface area contributed by atoms with E-state index in [4.69, 9.17) is 5.11 Å². The van der Waals surface area contributed by atoms with E-state index >= 15 is 0 Å². The van der Waals surface area contributed by atoms with Gasteiger partial charge in [-0.1, -0.05) is 12.8 Å². The van der Waals surface area contributed by atoms with E-state index in [1.165, 1.54) is 6.92 Å². The number of carboxylic acid groups (broad SMARTS) is 1. The molecule has 2 heterocycles. The summed E-state index contributed by atoms with van der Waals surface area (Å²) in [5.74, 6) is -2.89. The number of aliphatic hydroxyl groups excluding tert-OH is 1. The number of amides is 1. The minimum absolute atomic E-state index is 0.251. The molecule has 23 heavy (non-hydrogen) atoms. The molecular formula is C16H18N2O5. The molecule has 1 aliphatic heterocycles. The second kappa shape index (κ2) is 5.26. The van der Waals surface area contributed by atoms with Crippen LogP contribution in [0.1, 0.15) is 43.1 Å². The first-order chi connectivity index (χ1) is 10.9. The van der Waals surface area contributed by atoms with E-state index in [2.05, 4.69) is 5.32 Å². The molecule has 3 N–H and O–H groups in total. The average molecular weight is 318 g/mol. The molecule has 1 aliphatic carbocycles. The molecule has 1 atom stereocenters. The van der Waals surface area contributed by atoms with E-state index in [1.54, 1.807) is 22.9 Å². The van der Waals surface area contributed by atoms with Gasteiger partial charge < -0.3 is 20.1 Å². The molecule has 1 fully saturated rings. The highest BCUT2D eigenvalue weighted by atomic mass is 16.4. The van der Waals surface area contributed by atoms with Gasteiger partial charge in [-0.05, 0) is 31.9 Å². The van der Waals surface area contributed by atoms with Crippen molar-refractivity contribution in [3.8, 4) is 0 Å². The maximum atomic E-state index is 12.6. The maximum absolute atomic E-state index is 12.6. The van der Waals surface area contributed by atoms with E-state index in [1.807, 2.05) is 0 Å². The maximum Gasteiger partial charge on any atom is 0.325 e. The standard InChI is InChI=1S/C16H18N2O5/c1-9(15(22)23)17-14(21)11-12(19)10-5-4-8-18(10)16(13(11)20)6-2-3-7-16/h4-5,8-9,20H,2-3,6-7H2,1H3,(H,17,21)(H,22,23)/t9-/m1/s1. The van der Waals surface area contributed by atoms with E-state index in [0.717, 1.165) is 12.8 Å². The Morgan fingerprint density at radius 3 is 2.61 bits per heavy atom. The van der Waals surface area contributed by atoms with Crippen molar-refractivity contribution < 1.29 is 24.6 Å². The van der Waals surface area contributed by atoms with Crippen LogP contribution in [0.25, 0.3) is 0 Å². The number of Topliss-reactive ketones (excluding diaryl/α,β-unsaturated/α-hetero) is 1. The van der Waals surface area contributed by atoms with Crippen molar-refractivity contribution in [3.05, 3.63) is 35.4 Å². The molecule has 2 aliphatic rings. The second-order valence-corrected chi connectivity index (χ2v) is 6.09. The van der Waals surface area contributed by atoms with Crippen LogP contribution >= 0.6 is 0 Å². The minimum atomic E-state index is -1.21. The molecule has 1 saturated carbocycles. The number of rotatable bonds is 3. The molecule has 0 aromatic carbocycles. The minimum Gasteiger partial charge on any atom is -0.509 e. The molecule has 7 heteroatoms. The molecule has 122 valence electrons. The fourth-order valence-electron chi connectivity index (χ4n) is 3.50. The van der Waals surface area contributed by atoms with Gasteiger partial charge in [-0.3, -0.25) is 14.4 Å². The number of carboxylic acids is 1. The average Bonchev–Trinajstić information content (AvgIpc) is 3.15. The Kier molecular flexibility index (Phi) is 3.50. The van der Waals surface area contributed by atoms with Gasteiger partial charge in [-0.25, -0.2) is 0 Å². The van der Waals surface area contributed by atoms with Crippen molar-refractivity contribution >= 4 is 17.7 Å². The van der Waals surface area contributed by atoms with E-state index in [9.17, 15) is 19.5 Å². The van der Waals surface area contributed by atoms with E-state index < -0.39 is 29.2 Å². The fourth-order valence-corrected chi connectivity index (χ4v) is 3.50. The Labute approximate surface area is 132 Å². The first-order valence-electron chi connectivity index (χ1n) is 7.58. The summed E-state index contributed by atoms with van der Waals surface area (Å²) in [6.07, 6.45) is 4.79. The van der Waals surface area contributed by atoms with Crippen LogP contribution in [0.4, 0.5) is 0 Å². The summed E-state index contributed by atoms with van der Waals surface area (Å²) in [7, 11) is 0. The lowest BCUT2D eigenvalue weighted by Gasteiger charge is -2.36. The predicted molar refractivity (Wildman–Crippen MR) is 80.1 cm³/mol. The molecule has 1 amide bonds. The van der Waals surface area contributed by atoms with Crippen LogP contribution in [-0.2, 0) is 15.1 Å².